The molecule has 2 aromatic carbocycles. The summed E-state index contributed by atoms with van der Waals surface area (Å²) in [5.74, 6) is -1.62. The highest BCUT2D eigenvalue weighted by molar-refractivity contribution is 6.02. The number of ether oxygens (including phenoxy) is 1. The van der Waals surface area contributed by atoms with Crippen molar-refractivity contribution in [3.63, 3.8) is 0 Å². The number of hydrogen-bond acceptors (Lipinski definition) is 5. The summed E-state index contributed by atoms with van der Waals surface area (Å²) in [6, 6.07) is 12.7. The van der Waals surface area contributed by atoms with E-state index in [1.54, 1.807) is 23.1 Å². The second-order valence-electron chi connectivity index (χ2n) is 7.88. The average Bonchev–Trinajstić information content (AvgIpc) is 3.18. The summed E-state index contributed by atoms with van der Waals surface area (Å²) in [6.45, 7) is 1.93. The molecule has 2 aliphatic rings. The van der Waals surface area contributed by atoms with Gasteiger partial charge in [0.25, 0.3) is 0 Å². The summed E-state index contributed by atoms with van der Waals surface area (Å²) in [5, 5.41) is 2.77. The molecule has 7 nitrogen and oxygen atoms in total. The van der Waals surface area contributed by atoms with E-state index >= 15 is 0 Å². The lowest BCUT2D eigenvalue weighted by Crippen LogP contribution is -2.27. The Morgan fingerprint density at radius 3 is 2.61 bits per heavy atom. The van der Waals surface area contributed by atoms with Crippen molar-refractivity contribution in [1.82, 2.24) is 0 Å². The van der Waals surface area contributed by atoms with Crippen molar-refractivity contribution in [3.8, 4) is 0 Å². The molecule has 0 bridgehead atoms. The molecule has 2 aliphatic heterocycles. The van der Waals surface area contributed by atoms with Gasteiger partial charge in [0.05, 0.1) is 5.92 Å². The Balaban J connectivity index is 1.34. The summed E-state index contributed by atoms with van der Waals surface area (Å²) in [4.78, 5) is 50.4. The molecule has 0 aromatic heterocycles. The summed E-state index contributed by atoms with van der Waals surface area (Å²) in [6.07, 6.45) is 1.94. The van der Waals surface area contributed by atoms with Crippen molar-refractivity contribution in [3.05, 3.63) is 59.2 Å². The second kappa shape index (κ2) is 8.71. The number of fused-ring (bicyclic) bond motifs is 1. The van der Waals surface area contributed by atoms with Gasteiger partial charge in [0.2, 0.25) is 11.8 Å². The van der Waals surface area contributed by atoms with E-state index in [1.807, 2.05) is 24.3 Å². The summed E-state index contributed by atoms with van der Waals surface area (Å²) in [5.41, 5.74) is 3.97. The molecule has 0 radical (unpaired) electrons. The molecule has 1 unspecified atom stereocenters. The highest BCUT2D eigenvalue weighted by atomic mass is 16.5. The molecule has 1 fully saturated rings. The minimum Gasteiger partial charge on any atom is -0.457 e. The zero-order chi connectivity index (χ0) is 22.0. The first kappa shape index (κ1) is 20.8. The molecule has 2 heterocycles. The van der Waals surface area contributed by atoms with E-state index in [1.165, 1.54) is 5.56 Å². The number of benzene rings is 2. The van der Waals surface area contributed by atoms with Gasteiger partial charge in [-0.15, -0.1) is 0 Å². The van der Waals surface area contributed by atoms with E-state index in [-0.39, 0.29) is 37.2 Å². The average molecular weight is 420 g/mol. The van der Waals surface area contributed by atoms with Crippen molar-refractivity contribution in [2.24, 2.45) is 5.92 Å². The van der Waals surface area contributed by atoms with Crippen LogP contribution in [0.3, 0.4) is 0 Å². The minimum absolute atomic E-state index is 0.0398. The number of ketones is 1. The normalized spacial score (nSPS) is 17.8. The molecule has 0 aliphatic carbocycles. The standard InChI is InChI=1S/C24H24N2O5/c1-2-15-3-7-19(8-4-15)26-13-18(12-23(26)29)24(30)31-14-21(27)17-5-9-20-16(11-17)6-10-22(28)25-20/h3-5,7-9,11,18H,2,6,10,12-14H2,1H3,(H,25,28). The third kappa shape index (κ3) is 4.50. The Morgan fingerprint density at radius 2 is 1.87 bits per heavy atom. The number of rotatable bonds is 6. The van der Waals surface area contributed by atoms with Gasteiger partial charge in [0.15, 0.2) is 12.4 Å². The second-order valence-corrected chi connectivity index (χ2v) is 7.88. The number of carbonyl (C=O) groups is 4. The van der Waals surface area contributed by atoms with Gasteiger partial charge < -0.3 is 15.0 Å². The molecule has 7 heteroatoms. The number of carbonyl (C=O) groups excluding carboxylic acids is 4. The number of hydrogen-bond donors (Lipinski definition) is 1. The molecule has 1 saturated heterocycles. The van der Waals surface area contributed by atoms with E-state index in [0.29, 0.717) is 24.1 Å². The number of nitrogens with zero attached hydrogens (tertiary/aromatic N) is 1. The SMILES string of the molecule is CCc1ccc(N2CC(C(=O)OCC(=O)c3ccc4c(c3)CCC(=O)N4)CC2=O)cc1. The molecule has 2 aromatic rings. The number of nitrogens with one attached hydrogen (secondary N) is 1. The molecule has 160 valence electrons. The number of aryl methyl sites for hydroxylation is 2. The van der Waals surface area contributed by atoms with Gasteiger partial charge in [0.1, 0.15) is 0 Å². The predicted octanol–water partition coefficient (Wildman–Crippen LogP) is 2.91. The van der Waals surface area contributed by atoms with Crippen molar-refractivity contribution in [2.75, 3.05) is 23.4 Å². The Labute approximate surface area is 180 Å². The van der Waals surface area contributed by atoms with Crippen LogP contribution >= 0.6 is 0 Å². The third-order valence-corrected chi connectivity index (χ3v) is 5.78. The number of amides is 2. The van der Waals surface area contributed by atoms with E-state index in [0.717, 1.165) is 17.7 Å². The molecule has 0 spiro atoms. The van der Waals surface area contributed by atoms with Crippen molar-refractivity contribution in [2.45, 2.75) is 32.6 Å². The Morgan fingerprint density at radius 1 is 1.10 bits per heavy atom. The van der Waals surface area contributed by atoms with Gasteiger partial charge in [-0.1, -0.05) is 19.1 Å². The van der Waals surface area contributed by atoms with Gasteiger partial charge in [0, 0.05) is 36.3 Å². The van der Waals surface area contributed by atoms with Crippen LogP contribution < -0.4 is 10.2 Å². The number of Topliss-reactive ketones (excluding diaryl/α,β-unsaturated/α-hetero) is 1. The fourth-order valence-electron chi connectivity index (χ4n) is 3.92. The van der Waals surface area contributed by atoms with Gasteiger partial charge in [-0.2, -0.15) is 0 Å². The summed E-state index contributed by atoms with van der Waals surface area (Å²) in [7, 11) is 0. The first-order valence-corrected chi connectivity index (χ1v) is 10.5. The van der Waals surface area contributed by atoms with Gasteiger partial charge in [-0.3, -0.25) is 19.2 Å². The molecule has 1 N–H and O–H groups in total. The maximum atomic E-state index is 12.5. The maximum absolute atomic E-state index is 12.5. The number of esters is 1. The quantitative estimate of drug-likeness (QED) is 0.573. The lowest BCUT2D eigenvalue weighted by molar-refractivity contribution is -0.147. The molecule has 31 heavy (non-hydrogen) atoms. The van der Waals surface area contributed by atoms with Crippen LogP contribution in [-0.4, -0.2) is 36.7 Å². The van der Waals surface area contributed by atoms with E-state index in [2.05, 4.69) is 12.2 Å². The first-order valence-electron chi connectivity index (χ1n) is 10.5. The van der Waals surface area contributed by atoms with Crippen LogP contribution in [0.4, 0.5) is 11.4 Å². The topological polar surface area (TPSA) is 92.8 Å². The Hall–Kier alpha value is -3.48. The van der Waals surface area contributed by atoms with Crippen molar-refractivity contribution < 1.29 is 23.9 Å². The van der Waals surface area contributed by atoms with Crippen molar-refractivity contribution >= 4 is 34.9 Å². The Bertz CT molecular complexity index is 1040. The van der Waals surface area contributed by atoms with E-state index in [4.69, 9.17) is 4.74 Å². The largest absolute Gasteiger partial charge is 0.457 e. The molecule has 1 atom stereocenters. The van der Waals surface area contributed by atoms with Crippen molar-refractivity contribution in [1.29, 1.82) is 0 Å². The third-order valence-electron chi connectivity index (χ3n) is 5.78. The van der Waals surface area contributed by atoms with Crippen LogP contribution in [0.1, 0.15) is 41.3 Å². The smallest absolute Gasteiger partial charge is 0.311 e. The van der Waals surface area contributed by atoms with Gasteiger partial charge in [-0.05, 0) is 54.3 Å². The monoisotopic (exact) mass is 420 g/mol. The fourth-order valence-corrected chi connectivity index (χ4v) is 3.92. The maximum Gasteiger partial charge on any atom is 0.311 e. The summed E-state index contributed by atoms with van der Waals surface area (Å²) >= 11 is 0. The number of anilines is 2. The molecular formula is C24H24N2O5. The van der Waals surface area contributed by atoms with Crippen LogP contribution in [0.25, 0.3) is 0 Å². The summed E-state index contributed by atoms with van der Waals surface area (Å²) < 4.78 is 5.24. The lowest BCUT2D eigenvalue weighted by atomic mass is 9.99. The fraction of sp³-hybridized carbons (Fsp3) is 0.333. The zero-order valence-corrected chi connectivity index (χ0v) is 17.3. The van der Waals surface area contributed by atoms with Crippen LogP contribution in [-0.2, 0) is 32.0 Å². The van der Waals surface area contributed by atoms with Gasteiger partial charge in [-0.25, -0.2) is 0 Å². The molecular weight excluding hydrogens is 396 g/mol. The highest BCUT2D eigenvalue weighted by Crippen LogP contribution is 2.27. The molecule has 0 saturated carbocycles. The van der Waals surface area contributed by atoms with E-state index < -0.39 is 11.9 Å². The van der Waals surface area contributed by atoms with Crippen LogP contribution in [0.15, 0.2) is 42.5 Å². The molecule has 2 amide bonds. The first-order chi connectivity index (χ1) is 14.9. The zero-order valence-electron chi connectivity index (χ0n) is 17.3. The van der Waals surface area contributed by atoms with E-state index in [9.17, 15) is 19.2 Å². The Kier molecular flexibility index (Phi) is 5.84. The van der Waals surface area contributed by atoms with Crippen LogP contribution in [0.5, 0.6) is 0 Å². The molecule has 4 rings (SSSR count). The lowest BCUT2D eigenvalue weighted by Gasteiger charge is -2.17. The predicted molar refractivity (Wildman–Crippen MR) is 115 cm³/mol. The minimum atomic E-state index is -0.593. The highest BCUT2D eigenvalue weighted by Gasteiger charge is 2.36. The van der Waals surface area contributed by atoms with Crippen LogP contribution in [0, 0.1) is 5.92 Å². The van der Waals surface area contributed by atoms with Crippen LogP contribution in [0.2, 0.25) is 0 Å². The van der Waals surface area contributed by atoms with Gasteiger partial charge >= 0.3 is 5.97 Å².